The molecule has 2 aromatic rings. The second kappa shape index (κ2) is 5.06. The average molecular weight is 309 g/mol. The number of carbonyl (C=O) groups is 4. The minimum absolute atomic E-state index is 0.0410. The molecule has 0 radical (unpaired) electrons. The van der Waals surface area contributed by atoms with Gasteiger partial charge in [0.1, 0.15) is 0 Å². The zero-order chi connectivity index (χ0) is 16.7. The van der Waals surface area contributed by atoms with E-state index in [-0.39, 0.29) is 27.9 Å². The predicted molar refractivity (Wildman–Crippen MR) is 72.7 cm³/mol. The van der Waals surface area contributed by atoms with Crippen molar-refractivity contribution in [1.29, 1.82) is 0 Å². The van der Waals surface area contributed by atoms with Crippen molar-refractivity contribution >= 4 is 29.4 Å². The molecule has 0 saturated heterocycles. The van der Waals surface area contributed by atoms with Crippen molar-refractivity contribution in [2.75, 3.05) is 4.90 Å². The van der Waals surface area contributed by atoms with Crippen molar-refractivity contribution < 1.29 is 29.4 Å². The van der Waals surface area contributed by atoms with Crippen LogP contribution in [0.5, 0.6) is 0 Å². The van der Waals surface area contributed by atoms with Gasteiger partial charge < -0.3 is 19.8 Å². The number of hydrogen-bond acceptors (Lipinski definition) is 6. The van der Waals surface area contributed by atoms with Crippen molar-refractivity contribution in [3.8, 4) is 0 Å². The van der Waals surface area contributed by atoms with E-state index in [1.165, 1.54) is 36.4 Å². The molecule has 7 nitrogen and oxygen atoms in total. The fourth-order valence-corrected chi connectivity index (χ4v) is 2.35. The van der Waals surface area contributed by atoms with Gasteiger partial charge in [-0.2, -0.15) is 0 Å². The number of nitrogens with zero attached hydrogens (tertiary/aromatic N) is 1. The molecule has 1 heterocycles. The summed E-state index contributed by atoms with van der Waals surface area (Å²) in [5, 5.41) is 21.6. The number of imide groups is 1. The first-order valence-corrected chi connectivity index (χ1v) is 6.45. The smallest absolute Gasteiger partial charge is 0.266 e. The van der Waals surface area contributed by atoms with Crippen molar-refractivity contribution in [3.63, 3.8) is 0 Å². The topological polar surface area (TPSA) is 118 Å². The second-order valence-corrected chi connectivity index (χ2v) is 4.83. The molecule has 0 fully saturated rings. The van der Waals surface area contributed by atoms with Gasteiger partial charge in [-0.05, 0) is 35.4 Å². The van der Waals surface area contributed by atoms with Gasteiger partial charge in [-0.1, -0.05) is 18.2 Å². The fraction of sp³-hybridized carbons (Fsp3) is 0. The molecule has 2 amide bonds. The molecule has 0 bridgehead atoms. The molecule has 0 aromatic heterocycles. The highest BCUT2D eigenvalue weighted by Crippen LogP contribution is 2.29. The molecule has 114 valence electrons. The van der Waals surface area contributed by atoms with Crippen LogP contribution in [-0.4, -0.2) is 23.8 Å². The molecule has 0 spiro atoms. The van der Waals surface area contributed by atoms with Gasteiger partial charge in [0.15, 0.2) is 0 Å². The zero-order valence-corrected chi connectivity index (χ0v) is 11.4. The lowest BCUT2D eigenvalue weighted by molar-refractivity contribution is -0.256. The Hall–Kier alpha value is -3.48. The molecule has 2 aromatic carbocycles. The van der Waals surface area contributed by atoms with E-state index in [0.29, 0.717) is 0 Å². The van der Waals surface area contributed by atoms with Gasteiger partial charge in [-0.15, -0.1) is 0 Å². The summed E-state index contributed by atoms with van der Waals surface area (Å²) in [7, 11) is 0. The maximum atomic E-state index is 12.4. The van der Waals surface area contributed by atoms with Crippen LogP contribution in [0, 0.1) is 0 Å². The summed E-state index contributed by atoms with van der Waals surface area (Å²) < 4.78 is 0. The molecule has 7 heteroatoms. The zero-order valence-electron chi connectivity index (χ0n) is 11.4. The molecular weight excluding hydrogens is 302 g/mol. The third-order valence-corrected chi connectivity index (χ3v) is 3.48. The van der Waals surface area contributed by atoms with Crippen LogP contribution in [0.4, 0.5) is 5.69 Å². The maximum Gasteiger partial charge on any atom is 0.266 e. The summed E-state index contributed by atoms with van der Waals surface area (Å²) in [6.07, 6.45) is 0. The van der Waals surface area contributed by atoms with Crippen LogP contribution >= 0.6 is 0 Å². The summed E-state index contributed by atoms with van der Waals surface area (Å²) in [5.41, 5.74) is -0.0931. The molecule has 0 atom stereocenters. The number of carbonyl (C=O) groups excluding carboxylic acids is 4. The lowest BCUT2D eigenvalue weighted by Crippen LogP contribution is -2.29. The number of benzene rings is 2. The molecule has 0 aliphatic carbocycles. The highest BCUT2D eigenvalue weighted by atomic mass is 16.4. The van der Waals surface area contributed by atoms with Crippen LogP contribution in [0.3, 0.4) is 0 Å². The van der Waals surface area contributed by atoms with Crippen molar-refractivity contribution in [2.24, 2.45) is 0 Å². The molecule has 0 saturated carbocycles. The van der Waals surface area contributed by atoms with Gasteiger partial charge in [0.25, 0.3) is 11.8 Å². The fourth-order valence-electron chi connectivity index (χ4n) is 2.35. The van der Waals surface area contributed by atoms with Crippen LogP contribution in [0.1, 0.15) is 41.4 Å². The Labute approximate surface area is 129 Å². The van der Waals surface area contributed by atoms with E-state index in [2.05, 4.69) is 0 Å². The van der Waals surface area contributed by atoms with Gasteiger partial charge in [-0.3, -0.25) is 9.59 Å². The van der Waals surface area contributed by atoms with Gasteiger partial charge >= 0.3 is 0 Å². The van der Waals surface area contributed by atoms with E-state index in [9.17, 15) is 29.4 Å². The van der Waals surface area contributed by atoms with Gasteiger partial charge in [-0.25, -0.2) is 4.90 Å². The molecule has 23 heavy (non-hydrogen) atoms. The number of carboxylic acids is 2. The minimum atomic E-state index is -1.45. The average Bonchev–Trinajstić information content (AvgIpc) is 2.78. The standard InChI is InChI=1S/C16H9NO6/c18-13-11-6-3-9(16(22)23)7-12(11)14(19)17(13)10-4-1-8(2-5-10)15(20)21/h1-7H,(H,20,21)(H,22,23)/p-2. The SMILES string of the molecule is O=C([O-])c1ccc(N2C(=O)c3ccc(C(=O)[O-])cc3C2=O)cc1. The molecule has 1 aliphatic rings. The van der Waals surface area contributed by atoms with Crippen LogP contribution in [0.15, 0.2) is 42.5 Å². The number of hydrogen-bond donors (Lipinski definition) is 0. The Morgan fingerprint density at radius 3 is 1.83 bits per heavy atom. The van der Waals surface area contributed by atoms with Gasteiger partial charge in [0.05, 0.1) is 28.8 Å². The van der Waals surface area contributed by atoms with Gasteiger partial charge in [0, 0.05) is 0 Å². The quantitative estimate of drug-likeness (QED) is 0.686. The third-order valence-electron chi connectivity index (χ3n) is 3.48. The van der Waals surface area contributed by atoms with Gasteiger partial charge in [0.2, 0.25) is 0 Å². The van der Waals surface area contributed by atoms with E-state index in [1.54, 1.807) is 0 Å². The van der Waals surface area contributed by atoms with Crippen molar-refractivity contribution in [2.45, 2.75) is 0 Å². The Balaban J connectivity index is 2.02. The Bertz CT molecular complexity index is 869. The Morgan fingerprint density at radius 2 is 1.26 bits per heavy atom. The van der Waals surface area contributed by atoms with Crippen molar-refractivity contribution in [1.82, 2.24) is 0 Å². The van der Waals surface area contributed by atoms with E-state index in [1.807, 2.05) is 0 Å². The van der Waals surface area contributed by atoms with Crippen LogP contribution < -0.4 is 15.1 Å². The lowest BCUT2D eigenvalue weighted by atomic mass is 10.1. The van der Waals surface area contributed by atoms with Crippen molar-refractivity contribution in [3.05, 3.63) is 64.7 Å². The molecule has 0 N–H and O–H groups in total. The third kappa shape index (κ3) is 2.24. The predicted octanol–water partition coefficient (Wildman–Crippen LogP) is -0.786. The number of rotatable bonds is 3. The number of amides is 2. The number of carboxylic acid groups (broad SMARTS) is 2. The summed E-state index contributed by atoms with van der Waals surface area (Å²) in [4.78, 5) is 47.1. The van der Waals surface area contributed by atoms with Crippen LogP contribution in [0.2, 0.25) is 0 Å². The molecule has 1 aliphatic heterocycles. The second-order valence-electron chi connectivity index (χ2n) is 4.83. The monoisotopic (exact) mass is 309 g/mol. The minimum Gasteiger partial charge on any atom is -0.545 e. The van der Waals surface area contributed by atoms with E-state index in [4.69, 9.17) is 0 Å². The summed E-state index contributed by atoms with van der Waals surface area (Å²) >= 11 is 0. The Morgan fingerprint density at radius 1 is 0.739 bits per heavy atom. The van der Waals surface area contributed by atoms with E-state index < -0.39 is 23.8 Å². The lowest BCUT2D eigenvalue weighted by Gasteiger charge is -2.14. The number of anilines is 1. The molecule has 3 rings (SSSR count). The highest BCUT2D eigenvalue weighted by Gasteiger charge is 2.36. The summed E-state index contributed by atoms with van der Waals surface area (Å²) in [5.74, 6) is -4.13. The molecule has 0 unspecified atom stereocenters. The maximum absolute atomic E-state index is 12.4. The number of aromatic carboxylic acids is 2. The first-order valence-electron chi connectivity index (χ1n) is 6.45. The Kier molecular flexibility index (Phi) is 3.18. The van der Waals surface area contributed by atoms with Crippen LogP contribution in [0.25, 0.3) is 0 Å². The van der Waals surface area contributed by atoms with E-state index in [0.717, 1.165) is 11.0 Å². The number of fused-ring (bicyclic) bond motifs is 1. The first-order chi connectivity index (χ1) is 10.9. The molecular formula is C16H7NO6-2. The highest BCUT2D eigenvalue weighted by molar-refractivity contribution is 6.34. The van der Waals surface area contributed by atoms with E-state index >= 15 is 0 Å². The summed E-state index contributed by atoms with van der Waals surface area (Å²) in [6.45, 7) is 0. The normalized spacial score (nSPS) is 13.1. The summed E-state index contributed by atoms with van der Waals surface area (Å²) in [6, 6.07) is 8.53. The first kappa shape index (κ1) is 14.5. The largest absolute Gasteiger partial charge is 0.545 e. The van der Waals surface area contributed by atoms with Crippen LogP contribution in [-0.2, 0) is 0 Å².